The molecule has 0 aliphatic carbocycles. The molecule has 1 aromatic rings. The van der Waals surface area contributed by atoms with Gasteiger partial charge in [0.25, 0.3) is 0 Å². The Morgan fingerprint density at radius 1 is 1.41 bits per heavy atom. The lowest BCUT2D eigenvalue weighted by molar-refractivity contribution is -0.144. The molecule has 1 rings (SSSR count). The molecule has 0 bridgehead atoms. The summed E-state index contributed by atoms with van der Waals surface area (Å²) in [6.45, 7) is 3.35. The minimum atomic E-state index is -0.648. The first-order chi connectivity index (χ1) is 7.95. The van der Waals surface area contributed by atoms with Crippen LogP contribution in [0.2, 0.25) is 4.34 Å². The van der Waals surface area contributed by atoms with E-state index in [0.717, 1.165) is 4.88 Å². The number of thiophene rings is 1. The molecule has 0 aliphatic heterocycles. The Morgan fingerprint density at radius 3 is 2.53 bits per heavy atom. The normalized spacial score (nSPS) is 13.9. The summed E-state index contributed by atoms with van der Waals surface area (Å²) in [4.78, 5) is 23.8. The van der Waals surface area contributed by atoms with Gasteiger partial charge in [-0.2, -0.15) is 0 Å². The zero-order chi connectivity index (χ0) is 13.0. The molecule has 2 atom stereocenters. The van der Waals surface area contributed by atoms with E-state index in [-0.39, 0.29) is 11.8 Å². The van der Waals surface area contributed by atoms with Crippen molar-refractivity contribution >= 4 is 34.8 Å². The third-order valence-electron chi connectivity index (χ3n) is 2.33. The predicted octanol–water partition coefficient (Wildman–Crippen LogP) is 2.18. The topological polar surface area (TPSA) is 55.4 Å². The summed E-state index contributed by atoms with van der Waals surface area (Å²) in [5.74, 6) is -1.02. The van der Waals surface area contributed by atoms with Crippen molar-refractivity contribution in [2.45, 2.75) is 25.8 Å². The van der Waals surface area contributed by atoms with Gasteiger partial charge in [0.05, 0.1) is 17.4 Å². The molecule has 0 aromatic carbocycles. The second-order valence-electron chi connectivity index (χ2n) is 3.62. The monoisotopic (exact) mass is 275 g/mol. The van der Waals surface area contributed by atoms with Gasteiger partial charge in [0.1, 0.15) is 6.04 Å². The fraction of sp³-hybridized carbons (Fsp3) is 0.455. The summed E-state index contributed by atoms with van der Waals surface area (Å²) >= 11 is 7.15. The number of esters is 1. The Morgan fingerprint density at radius 2 is 2.06 bits per heavy atom. The molecule has 1 amide bonds. The zero-order valence-electron chi connectivity index (χ0n) is 9.82. The van der Waals surface area contributed by atoms with Gasteiger partial charge in [-0.15, -0.1) is 11.3 Å². The number of hydrogen-bond donors (Lipinski definition) is 1. The molecule has 94 valence electrons. The van der Waals surface area contributed by atoms with Gasteiger partial charge in [0, 0.05) is 4.88 Å². The van der Waals surface area contributed by atoms with E-state index in [0.29, 0.717) is 4.34 Å². The lowest BCUT2D eigenvalue weighted by atomic mass is 10.1. The van der Waals surface area contributed by atoms with Crippen LogP contribution in [0.4, 0.5) is 0 Å². The van der Waals surface area contributed by atoms with Crippen LogP contribution in [0, 0.1) is 0 Å². The van der Waals surface area contributed by atoms with E-state index >= 15 is 0 Å². The highest BCUT2D eigenvalue weighted by Gasteiger charge is 2.22. The number of carbonyl (C=O) groups excluding carboxylic acids is 2. The number of methoxy groups -OCH3 is 1. The minimum Gasteiger partial charge on any atom is -0.467 e. The first-order valence-electron chi connectivity index (χ1n) is 5.09. The standard InChI is InChI=1S/C11H14ClNO3S/c1-6(8-4-5-9(12)17-8)10(14)13-7(2)11(15)16-3/h4-7H,1-3H3,(H,13,14)/t6-,7-/m1/s1. The maximum absolute atomic E-state index is 11.8. The van der Waals surface area contributed by atoms with Crippen LogP contribution in [0.3, 0.4) is 0 Å². The van der Waals surface area contributed by atoms with Crippen molar-refractivity contribution in [1.29, 1.82) is 0 Å². The van der Waals surface area contributed by atoms with Gasteiger partial charge < -0.3 is 10.1 Å². The Bertz CT molecular complexity index is 419. The number of amides is 1. The molecule has 0 fully saturated rings. The van der Waals surface area contributed by atoms with Crippen LogP contribution in [0.5, 0.6) is 0 Å². The highest BCUT2D eigenvalue weighted by atomic mass is 35.5. The zero-order valence-corrected chi connectivity index (χ0v) is 11.4. The summed E-state index contributed by atoms with van der Waals surface area (Å²) in [6, 6.07) is 2.90. The Hall–Kier alpha value is -1.07. The number of hydrogen-bond acceptors (Lipinski definition) is 4. The molecule has 0 unspecified atom stereocenters. The number of carbonyl (C=O) groups is 2. The van der Waals surface area contributed by atoms with E-state index in [2.05, 4.69) is 10.1 Å². The van der Waals surface area contributed by atoms with E-state index < -0.39 is 12.0 Å². The highest BCUT2D eigenvalue weighted by molar-refractivity contribution is 7.16. The van der Waals surface area contributed by atoms with Crippen molar-refractivity contribution in [1.82, 2.24) is 5.32 Å². The van der Waals surface area contributed by atoms with Gasteiger partial charge in [-0.3, -0.25) is 4.79 Å². The maximum Gasteiger partial charge on any atom is 0.328 e. The number of rotatable bonds is 4. The predicted molar refractivity (Wildman–Crippen MR) is 67.4 cm³/mol. The number of ether oxygens (including phenoxy) is 1. The third kappa shape index (κ3) is 3.71. The highest BCUT2D eigenvalue weighted by Crippen LogP contribution is 2.28. The summed E-state index contributed by atoms with van der Waals surface area (Å²) in [7, 11) is 1.29. The van der Waals surface area contributed by atoms with Crippen LogP contribution in [0.1, 0.15) is 24.6 Å². The first kappa shape index (κ1) is 14.0. The summed E-state index contributed by atoms with van der Waals surface area (Å²) < 4.78 is 5.17. The molecule has 1 N–H and O–H groups in total. The van der Waals surface area contributed by atoms with Gasteiger partial charge >= 0.3 is 5.97 Å². The van der Waals surface area contributed by atoms with Gasteiger partial charge in [-0.05, 0) is 26.0 Å². The molecule has 0 radical (unpaired) electrons. The lowest BCUT2D eigenvalue weighted by Gasteiger charge is -2.14. The first-order valence-corrected chi connectivity index (χ1v) is 6.28. The SMILES string of the molecule is COC(=O)[C@@H](C)NC(=O)[C@H](C)c1ccc(Cl)s1. The molecule has 17 heavy (non-hydrogen) atoms. The Labute approximate surface area is 109 Å². The van der Waals surface area contributed by atoms with E-state index in [1.807, 2.05) is 0 Å². The molecule has 0 saturated heterocycles. The fourth-order valence-electron chi connectivity index (χ4n) is 1.26. The van der Waals surface area contributed by atoms with Crippen molar-refractivity contribution < 1.29 is 14.3 Å². The Kier molecular flexibility index (Phi) is 4.96. The third-order valence-corrected chi connectivity index (χ3v) is 3.74. The van der Waals surface area contributed by atoms with Gasteiger partial charge in [-0.1, -0.05) is 11.6 Å². The molecule has 0 spiro atoms. The van der Waals surface area contributed by atoms with Gasteiger partial charge in [-0.25, -0.2) is 4.79 Å². The molecule has 0 aliphatic rings. The number of nitrogens with one attached hydrogen (secondary N) is 1. The van der Waals surface area contributed by atoms with Crippen LogP contribution in [-0.2, 0) is 14.3 Å². The van der Waals surface area contributed by atoms with E-state index in [9.17, 15) is 9.59 Å². The lowest BCUT2D eigenvalue weighted by Crippen LogP contribution is -2.40. The molecule has 4 nitrogen and oxygen atoms in total. The van der Waals surface area contributed by atoms with E-state index in [1.165, 1.54) is 18.4 Å². The summed E-state index contributed by atoms with van der Waals surface area (Å²) in [6.07, 6.45) is 0. The fourth-order valence-corrected chi connectivity index (χ4v) is 2.38. The molecule has 0 saturated carbocycles. The van der Waals surface area contributed by atoms with Crippen molar-refractivity contribution in [3.63, 3.8) is 0 Å². The van der Waals surface area contributed by atoms with Crippen molar-refractivity contribution in [2.24, 2.45) is 0 Å². The van der Waals surface area contributed by atoms with Gasteiger partial charge in [0.15, 0.2) is 0 Å². The molecule has 1 aromatic heterocycles. The average Bonchev–Trinajstić information content (AvgIpc) is 2.73. The Balaban J connectivity index is 2.62. The quantitative estimate of drug-likeness (QED) is 0.857. The second kappa shape index (κ2) is 6.02. The van der Waals surface area contributed by atoms with Gasteiger partial charge in [0.2, 0.25) is 5.91 Å². The molecule has 6 heteroatoms. The van der Waals surface area contributed by atoms with Crippen molar-refractivity contribution in [3.05, 3.63) is 21.3 Å². The van der Waals surface area contributed by atoms with E-state index in [1.54, 1.807) is 26.0 Å². The van der Waals surface area contributed by atoms with Crippen molar-refractivity contribution in [2.75, 3.05) is 7.11 Å². The van der Waals surface area contributed by atoms with Crippen LogP contribution in [0.25, 0.3) is 0 Å². The smallest absolute Gasteiger partial charge is 0.328 e. The molecular weight excluding hydrogens is 262 g/mol. The van der Waals surface area contributed by atoms with Crippen LogP contribution in [-0.4, -0.2) is 25.0 Å². The van der Waals surface area contributed by atoms with Crippen molar-refractivity contribution in [3.8, 4) is 0 Å². The van der Waals surface area contributed by atoms with Crippen LogP contribution < -0.4 is 5.32 Å². The average molecular weight is 276 g/mol. The second-order valence-corrected chi connectivity index (χ2v) is 5.36. The van der Waals surface area contributed by atoms with Crippen LogP contribution in [0.15, 0.2) is 12.1 Å². The number of halogens is 1. The summed E-state index contributed by atoms with van der Waals surface area (Å²) in [5.41, 5.74) is 0. The minimum absolute atomic E-state index is 0.221. The largest absolute Gasteiger partial charge is 0.467 e. The summed E-state index contributed by atoms with van der Waals surface area (Å²) in [5, 5.41) is 2.59. The maximum atomic E-state index is 11.8. The van der Waals surface area contributed by atoms with E-state index in [4.69, 9.17) is 11.6 Å². The molecule has 1 heterocycles. The van der Waals surface area contributed by atoms with Crippen LogP contribution >= 0.6 is 22.9 Å². The molecular formula is C11H14ClNO3S.